The van der Waals surface area contributed by atoms with Gasteiger partial charge in [-0.15, -0.1) is 0 Å². The summed E-state index contributed by atoms with van der Waals surface area (Å²) in [5.41, 5.74) is 5.29. The van der Waals surface area contributed by atoms with Gasteiger partial charge in [-0.2, -0.15) is 0 Å². The third kappa shape index (κ3) is 2.12. The van der Waals surface area contributed by atoms with Crippen molar-refractivity contribution >= 4 is 0 Å². The molecule has 1 aliphatic rings. The average molecular weight is 199 g/mol. The fourth-order valence-corrected chi connectivity index (χ4v) is 2.60. The van der Waals surface area contributed by atoms with Gasteiger partial charge in [0, 0.05) is 12.0 Å². The smallest absolute Gasteiger partial charge is 0.0715 e. The molecule has 1 unspecified atom stereocenters. The maximum absolute atomic E-state index is 10.7. The predicted octanol–water partition coefficient (Wildman–Crippen LogP) is 2.30. The second-order valence-corrected chi connectivity index (χ2v) is 6.31. The van der Waals surface area contributed by atoms with Crippen molar-refractivity contribution in [2.24, 2.45) is 16.6 Å². The zero-order valence-corrected chi connectivity index (χ0v) is 10.1. The molecule has 0 radical (unpaired) electrons. The van der Waals surface area contributed by atoms with Crippen molar-refractivity contribution in [1.82, 2.24) is 0 Å². The van der Waals surface area contributed by atoms with Gasteiger partial charge in [0.2, 0.25) is 0 Å². The first-order valence-electron chi connectivity index (χ1n) is 5.65. The highest BCUT2D eigenvalue weighted by Crippen LogP contribution is 2.48. The molecule has 0 aliphatic heterocycles. The van der Waals surface area contributed by atoms with E-state index in [2.05, 4.69) is 27.7 Å². The molecular formula is C12H25NO. The largest absolute Gasteiger partial charge is 0.389 e. The molecule has 0 amide bonds. The molecule has 2 nitrogen and oxygen atoms in total. The lowest BCUT2D eigenvalue weighted by Crippen LogP contribution is -2.53. The Morgan fingerprint density at radius 2 is 1.86 bits per heavy atom. The summed E-state index contributed by atoms with van der Waals surface area (Å²) in [4.78, 5) is 0. The molecule has 1 atom stereocenters. The summed E-state index contributed by atoms with van der Waals surface area (Å²) in [6.45, 7) is 9.19. The SMILES string of the molecule is CC1(C)CCCC(O)(C(C)(C)CN)C1. The molecule has 0 spiro atoms. The summed E-state index contributed by atoms with van der Waals surface area (Å²) in [6.07, 6.45) is 4.12. The number of hydrogen-bond donors (Lipinski definition) is 2. The Kier molecular flexibility index (Phi) is 2.99. The zero-order valence-electron chi connectivity index (χ0n) is 10.1. The fraction of sp³-hybridized carbons (Fsp3) is 1.00. The number of nitrogens with two attached hydrogens (primary N) is 1. The van der Waals surface area contributed by atoms with Gasteiger partial charge in [-0.05, 0) is 24.7 Å². The Morgan fingerprint density at radius 1 is 1.29 bits per heavy atom. The monoisotopic (exact) mass is 199 g/mol. The quantitative estimate of drug-likeness (QED) is 0.717. The van der Waals surface area contributed by atoms with E-state index < -0.39 is 5.60 Å². The first kappa shape index (κ1) is 12.0. The summed E-state index contributed by atoms with van der Waals surface area (Å²) in [6, 6.07) is 0. The van der Waals surface area contributed by atoms with Crippen molar-refractivity contribution < 1.29 is 5.11 Å². The van der Waals surface area contributed by atoms with Crippen LogP contribution in [0.2, 0.25) is 0 Å². The molecule has 1 saturated carbocycles. The van der Waals surface area contributed by atoms with E-state index in [1.165, 1.54) is 6.42 Å². The van der Waals surface area contributed by atoms with Crippen molar-refractivity contribution in [3.63, 3.8) is 0 Å². The van der Waals surface area contributed by atoms with E-state index in [9.17, 15) is 5.11 Å². The standard InChI is InChI=1S/C12H25NO/c1-10(2)6-5-7-12(14,8-10)11(3,4)9-13/h14H,5-9,13H2,1-4H3. The van der Waals surface area contributed by atoms with Crippen LogP contribution in [0.5, 0.6) is 0 Å². The van der Waals surface area contributed by atoms with Crippen LogP contribution in [0.1, 0.15) is 53.4 Å². The minimum absolute atomic E-state index is 0.162. The highest BCUT2D eigenvalue weighted by atomic mass is 16.3. The minimum Gasteiger partial charge on any atom is -0.389 e. The van der Waals surface area contributed by atoms with Gasteiger partial charge in [0.15, 0.2) is 0 Å². The van der Waals surface area contributed by atoms with Gasteiger partial charge < -0.3 is 10.8 Å². The molecule has 0 saturated heterocycles. The van der Waals surface area contributed by atoms with Crippen LogP contribution in [0, 0.1) is 10.8 Å². The van der Waals surface area contributed by atoms with Gasteiger partial charge in [0.1, 0.15) is 0 Å². The van der Waals surface area contributed by atoms with Crippen molar-refractivity contribution in [1.29, 1.82) is 0 Å². The third-order valence-corrected chi connectivity index (χ3v) is 3.98. The lowest BCUT2D eigenvalue weighted by atomic mass is 9.60. The molecule has 3 N–H and O–H groups in total. The maximum Gasteiger partial charge on any atom is 0.0715 e. The molecule has 84 valence electrons. The molecule has 1 aliphatic carbocycles. The number of aliphatic hydroxyl groups is 1. The Balaban J connectivity index is 2.84. The van der Waals surface area contributed by atoms with Gasteiger partial charge in [0.05, 0.1) is 5.60 Å². The molecule has 2 heteroatoms. The van der Waals surface area contributed by atoms with Crippen molar-refractivity contribution in [2.45, 2.75) is 59.0 Å². The second kappa shape index (κ2) is 3.49. The van der Waals surface area contributed by atoms with Crippen molar-refractivity contribution in [3.05, 3.63) is 0 Å². The summed E-state index contributed by atoms with van der Waals surface area (Å²) in [5, 5.41) is 10.7. The van der Waals surface area contributed by atoms with E-state index >= 15 is 0 Å². The summed E-state index contributed by atoms with van der Waals surface area (Å²) >= 11 is 0. The first-order chi connectivity index (χ1) is 6.22. The highest BCUT2D eigenvalue weighted by molar-refractivity contribution is 5.00. The molecule has 0 aromatic rings. The first-order valence-corrected chi connectivity index (χ1v) is 5.65. The summed E-state index contributed by atoms with van der Waals surface area (Å²) < 4.78 is 0. The molecule has 1 rings (SSSR count). The maximum atomic E-state index is 10.7. The van der Waals surface area contributed by atoms with Crippen molar-refractivity contribution in [2.75, 3.05) is 6.54 Å². The van der Waals surface area contributed by atoms with Crippen LogP contribution in [0.25, 0.3) is 0 Å². The lowest BCUT2D eigenvalue weighted by molar-refractivity contribution is -0.117. The van der Waals surface area contributed by atoms with E-state index in [0.717, 1.165) is 19.3 Å². The summed E-state index contributed by atoms with van der Waals surface area (Å²) in [5.74, 6) is 0. The Morgan fingerprint density at radius 3 is 2.29 bits per heavy atom. The van der Waals surface area contributed by atoms with Crippen molar-refractivity contribution in [3.8, 4) is 0 Å². The highest BCUT2D eigenvalue weighted by Gasteiger charge is 2.47. The number of rotatable bonds is 2. The molecule has 0 bridgehead atoms. The average Bonchev–Trinajstić information content (AvgIpc) is 2.01. The normalized spacial score (nSPS) is 33.0. The van der Waals surface area contributed by atoms with E-state index in [1.807, 2.05) is 0 Å². The van der Waals surface area contributed by atoms with Gasteiger partial charge in [-0.25, -0.2) is 0 Å². The third-order valence-electron chi connectivity index (χ3n) is 3.98. The molecule has 0 heterocycles. The molecule has 0 aromatic carbocycles. The molecule has 0 aromatic heterocycles. The van der Waals surface area contributed by atoms with Crippen LogP contribution in [0.4, 0.5) is 0 Å². The van der Waals surface area contributed by atoms with E-state index in [-0.39, 0.29) is 10.8 Å². The van der Waals surface area contributed by atoms with E-state index in [4.69, 9.17) is 5.73 Å². The Hall–Kier alpha value is -0.0800. The summed E-state index contributed by atoms with van der Waals surface area (Å²) in [7, 11) is 0. The molecule has 14 heavy (non-hydrogen) atoms. The van der Waals surface area contributed by atoms with Crippen LogP contribution in [-0.2, 0) is 0 Å². The van der Waals surface area contributed by atoms with Crippen LogP contribution in [-0.4, -0.2) is 17.3 Å². The van der Waals surface area contributed by atoms with Gasteiger partial charge >= 0.3 is 0 Å². The van der Waals surface area contributed by atoms with Crippen LogP contribution in [0.15, 0.2) is 0 Å². The van der Waals surface area contributed by atoms with Crippen LogP contribution in [0.3, 0.4) is 0 Å². The van der Waals surface area contributed by atoms with Gasteiger partial charge in [-0.3, -0.25) is 0 Å². The van der Waals surface area contributed by atoms with E-state index in [0.29, 0.717) is 6.54 Å². The van der Waals surface area contributed by atoms with Crippen LogP contribution < -0.4 is 5.73 Å². The molecular weight excluding hydrogens is 174 g/mol. The Labute approximate surface area is 87.9 Å². The topological polar surface area (TPSA) is 46.2 Å². The minimum atomic E-state index is -0.566. The van der Waals surface area contributed by atoms with Crippen LogP contribution >= 0.6 is 0 Å². The zero-order chi connectivity index (χ0) is 11.0. The van der Waals surface area contributed by atoms with Gasteiger partial charge in [0.25, 0.3) is 0 Å². The van der Waals surface area contributed by atoms with Gasteiger partial charge in [-0.1, -0.05) is 34.1 Å². The molecule has 1 fully saturated rings. The fourth-order valence-electron chi connectivity index (χ4n) is 2.60. The predicted molar refractivity (Wildman–Crippen MR) is 60.0 cm³/mol. The second-order valence-electron chi connectivity index (χ2n) is 6.31. The number of hydrogen-bond acceptors (Lipinski definition) is 2. The lowest BCUT2D eigenvalue weighted by Gasteiger charge is -2.50. The Bertz CT molecular complexity index is 210. The van der Waals surface area contributed by atoms with E-state index in [1.54, 1.807) is 0 Å².